The normalized spacial score (nSPS) is 20.5. The van der Waals surface area contributed by atoms with E-state index in [1.54, 1.807) is 96.4 Å². The SMILES string of the molecule is O=C(OCc1ccccc1)c1ccc(-c2ccc(C[C@@H]3NC(=O)[C@@H](Cc4cccs4)NC(=O)[C@H](O)[C@@H](O)C(=O)Nc4ccc(cc4)C[C@@H](C(=O)O)NC(=O)[C@@H](Cc4ccccc4)NC3=O)cc2)cc1. The highest BCUT2D eigenvalue weighted by Crippen LogP contribution is 2.22. The molecule has 0 saturated carbocycles. The number of esters is 1. The van der Waals surface area contributed by atoms with Crippen LogP contribution in [0.5, 0.6) is 0 Å². The molecule has 5 amide bonds. The van der Waals surface area contributed by atoms with Crippen LogP contribution in [-0.4, -0.2) is 93.2 Å². The molecule has 0 fully saturated rings. The smallest absolute Gasteiger partial charge is 0.338 e. The Morgan fingerprint density at radius 1 is 0.536 bits per heavy atom. The van der Waals surface area contributed by atoms with Crippen molar-refractivity contribution in [1.29, 1.82) is 0 Å². The third-order valence-electron chi connectivity index (χ3n) is 11.3. The van der Waals surface area contributed by atoms with E-state index in [4.69, 9.17) is 4.74 Å². The molecule has 0 spiro atoms. The second-order valence-corrected chi connectivity index (χ2v) is 17.4. The number of amides is 5. The van der Waals surface area contributed by atoms with Crippen LogP contribution in [0.25, 0.3) is 11.1 Å². The second kappa shape index (κ2) is 23.1. The van der Waals surface area contributed by atoms with Crippen molar-refractivity contribution in [2.24, 2.45) is 0 Å². The van der Waals surface area contributed by atoms with Crippen molar-refractivity contribution in [3.05, 3.63) is 184 Å². The molecule has 0 radical (unpaired) electrons. The first-order chi connectivity index (χ1) is 33.3. The molecule has 1 aromatic heterocycles. The van der Waals surface area contributed by atoms with E-state index in [-0.39, 0.29) is 38.0 Å². The minimum atomic E-state index is -2.33. The number of benzene rings is 5. The van der Waals surface area contributed by atoms with Gasteiger partial charge in [0.25, 0.3) is 11.8 Å². The molecule has 16 nitrogen and oxygen atoms in total. The summed E-state index contributed by atoms with van der Waals surface area (Å²) in [6, 6.07) is 35.5. The van der Waals surface area contributed by atoms with Gasteiger partial charge in [0.2, 0.25) is 17.7 Å². The summed E-state index contributed by atoms with van der Waals surface area (Å²) in [6.07, 6.45) is -5.12. The van der Waals surface area contributed by atoms with Gasteiger partial charge < -0.3 is 46.6 Å². The molecule has 5 aromatic carbocycles. The number of ether oxygens (including phenoxy) is 1. The zero-order valence-electron chi connectivity index (χ0n) is 36.9. The van der Waals surface area contributed by atoms with Crippen molar-refractivity contribution < 1.29 is 53.6 Å². The summed E-state index contributed by atoms with van der Waals surface area (Å²) in [5, 5.41) is 46.4. The number of carbonyl (C=O) groups excluding carboxylic acids is 6. The largest absolute Gasteiger partial charge is 0.480 e. The minimum Gasteiger partial charge on any atom is -0.480 e. The Bertz CT molecular complexity index is 2740. The van der Waals surface area contributed by atoms with E-state index < -0.39 is 77.8 Å². The van der Waals surface area contributed by atoms with E-state index in [0.29, 0.717) is 27.1 Å². The van der Waals surface area contributed by atoms with Crippen LogP contribution in [0.1, 0.15) is 37.5 Å². The van der Waals surface area contributed by atoms with E-state index in [0.717, 1.165) is 16.7 Å². The van der Waals surface area contributed by atoms with Gasteiger partial charge in [-0.1, -0.05) is 115 Å². The van der Waals surface area contributed by atoms with E-state index in [1.807, 2.05) is 30.3 Å². The molecule has 0 unspecified atom stereocenters. The lowest BCUT2D eigenvalue weighted by Crippen LogP contribution is -2.60. The van der Waals surface area contributed by atoms with Crippen LogP contribution in [0.15, 0.2) is 151 Å². The Morgan fingerprint density at radius 2 is 1.04 bits per heavy atom. The maximum atomic E-state index is 14.6. The number of carbonyl (C=O) groups is 7. The van der Waals surface area contributed by atoms with Gasteiger partial charge >= 0.3 is 11.9 Å². The zero-order valence-corrected chi connectivity index (χ0v) is 37.8. The summed E-state index contributed by atoms with van der Waals surface area (Å²) < 4.78 is 5.46. The molecular weight excluding hydrogens is 903 g/mol. The summed E-state index contributed by atoms with van der Waals surface area (Å²) in [4.78, 5) is 95.5. The van der Waals surface area contributed by atoms with Crippen molar-refractivity contribution in [2.45, 2.75) is 68.7 Å². The first-order valence-corrected chi connectivity index (χ1v) is 22.8. The number of aliphatic carboxylic acids is 1. The van der Waals surface area contributed by atoms with Gasteiger partial charge in [-0.15, -0.1) is 11.3 Å². The fourth-order valence-corrected chi connectivity index (χ4v) is 8.27. The topological polar surface area (TPSA) is 250 Å². The lowest BCUT2D eigenvalue weighted by Gasteiger charge is -2.27. The van der Waals surface area contributed by atoms with Gasteiger partial charge in [-0.05, 0) is 69.1 Å². The predicted molar refractivity (Wildman–Crippen MR) is 255 cm³/mol. The number of anilines is 1. The Labute approximate surface area is 400 Å². The molecule has 17 heteroatoms. The van der Waals surface area contributed by atoms with Crippen molar-refractivity contribution in [3.8, 4) is 11.1 Å². The predicted octanol–water partition coefficient (Wildman–Crippen LogP) is 3.74. The fraction of sp³-hybridized carbons (Fsp3) is 0.212. The molecule has 6 aromatic rings. The maximum absolute atomic E-state index is 14.6. The molecule has 2 aliphatic rings. The van der Waals surface area contributed by atoms with Crippen molar-refractivity contribution in [2.75, 3.05) is 5.32 Å². The molecule has 0 aliphatic carbocycles. The fourth-order valence-electron chi connectivity index (χ4n) is 7.52. The highest BCUT2D eigenvalue weighted by molar-refractivity contribution is 7.09. The summed E-state index contributed by atoms with van der Waals surface area (Å²) >= 11 is 1.27. The second-order valence-electron chi connectivity index (χ2n) is 16.4. The van der Waals surface area contributed by atoms with Crippen molar-refractivity contribution in [3.63, 3.8) is 0 Å². The minimum absolute atomic E-state index is 0.0602. The van der Waals surface area contributed by atoms with E-state index in [1.165, 1.54) is 35.6 Å². The van der Waals surface area contributed by atoms with Gasteiger partial charge in [0, 0.05) is 36.2 Å². The van der Waals surface area contributed by atoms with E-state index in [2.05, 4.69) is 26.6 Å². The summed E-state index contributed by atoms with van der Waals surface area (Å²) in [7, 11) is 0. The molecule has 3 heterocycles. The molecular formula is C52H49N5O11S. The number of hydrogen-bond donors (Lipinski definition) is 8. The monoisotopic (exact) mass is 951 g/mol. The average molecular weight is 952 g/mol. The van der Waals surface area contributed by atoms with Crippen LogP contribution >= 0.6 is 11.3 Å². The molecule has 8 N–H and O–H groups in total. The van der Waals surface area contributed by atoms with Crippen LogP contribution in [0.4, 0.5) is 5.69 Å². The van der Waals surface area contributed by atoms with E-state index >= 15 is 0 Å². The Morgan fingerprint density at radius 3 is 1.61 bits per heavy atom. The summed E-state index contributed by atoms with van der Waals surface area (Å²) in [5.74, 6) is -6.74. The first kappa shape index (κ1) is 48.9. The number of aliphatic hydroxyl groups is 2. The van der Waals surface area contributed by atoms with Crippen LogP contribution in [0.2, 0.25) is 0 Å². The quantitative estimate of drug-likeness (QED) is 0.0687. The number of hydrogen-bond acceptors (Lipinski definition) is 11. The number of fused-ring (bicyclic) bond motifs is 18. The third kappa shape index (κ3) is 13.6. The van der Waals surface area contributed by atoms with Gasteiger partial charge in [-0.3, -0.25) is 24.0 Å². The number of rotatable bonds is 11. The summed E-state index contributed by atoms with van der Waals surface area (Å²) in [6.45, 7) is 0.126. The number of carboxylic acids is 1. The highest BCUT2D eigenvalue weighted by atomic mass is 32.1. The number of carboxylic acid groups (broad SMARTS) is 1. The molecule has 0 saturated heterocycles. The Hall–Kier alpha value is -7.99. The van der Waals surface area contributed by atoms with Crippen molar-refractivity contribution in [1.82, 2.24) is 21.3 Å². The zero-order chi connectivity index (χ0) is 48.9. The summed E-state index contributed by atoms with van der Waals surface area (Å²) in [5.41, 5.74) is 4.55. The molecule has 354 valence electrons. The van der Waals surface area contributed by atoms with Gasteiger partial charge in [0.15, 0.2) is 12.2 Å². The molecule has 6 atom stereocenters. The van der Waals surface area contributed by atoms with Crippen LogP contribution in [0, 0.1) is 0 Å². The van der Waals surface area contributed by atoms with Crippen LogP contribution < -0.4 is 26.6 Å². The van der Waals surface area contributed by atoms with Crippen LogP contribution in [-0.2, 0) is 65.8 Å². The third-order valence-corrected chi connectivity index (χ3v) is 12.2. The number of aliphatic hydroxyl groups excluding tert-OH is 2. The molecule has 69 heavy (non-hydrogen) atoms. The van der Waals surface area contributed by atoms with E-state index in [9.17, 15) is 48.9 Å². The Kier molecular flexibility index (Phi) is 16.4. The van der Waals surface area contributed by atoms with Gasteiger partial charge in [0.05, 0.1) is 5.56 Å². The highest BCUT2D eigenvalue weighted by Gasteiger charge is 2.36. The number of nitrogens with one attached hydrogen (secondary N) is 5. The number of thiophene rings is 1. The van der Waals surface area contributed by atoms with Crippen LogP contribution in [0.3, 0.4) is 0 Å². The molecule has 8 rings (SSSR count). The van der Waals surface area contributed by atoms with Gasteiger partial charge in [-0.2, -0.15) is 0 Å². The molecule has 2 aliphatic heterocycles. The molecule has 2 bridgehead atoms. The van der Waals surface area contributed by atoms with Gasteiger partial charge in [0.1, 0.15) is 30.8 Å². The lowest BCUT2D eigenvalue weighted by atomic mass is 9.98. The van der Waals surface area contributed by atoms with Crippen molar-refractivity contribution >= 4 is 58.5 Å². The lowest BCUT2D eigenvalue weighted by molar-refractivity contribution is -0.145. The standard InChI is InChI=1S/C52H49N5O11S/c58-44-45(59)50(64)56-42(29-39-12-7-25-69-39)48(62)55-41(27-32-13-17-35(18-14-32)36-19-21-37(22-20-36)52(67)68-30-34-10-5-2-6-11-34)46(60)54-40(26-31-8-3-1-4-9-31)47(61)57-43(51(65)66)28-33-15-23-38(24-16-33)53-49(44)63/h1-25,40-45,58-59H,26-30H2,(H,53,63)(H,54,60)(H,55,62)(H,56,64)(H,57,61)(H,65,66)/t40-,41+,42-,43+,44-,45-/m1/s1. The Balaban J connectivity index is 1.18. The maximum Gasteiger partial charge on any atom is 0.338 e. The average Bonchev–Trinajstić information content (AvgIpc) is 3.88. The van der Waals surface area contributed by atoms with Gasteiger partial charge in [-0.25, -0.2) is 9.59 Å². The first-order valence-electron chi connectivity index (χ1n) is 22.0.